The largest absolute Gasteiger partial charge is 0.488 e. The Kier molecular flexibility index (Phi) is 6.71. The lowest BCUT2D eigenvalue weighted by molar-refractivity contribution is -0.141. The monoisotopic (exact) mass is 415 g/mol. The number of nitrogens with zero attached hydrogens (tertiary/aromatic N) is 2. The number of likely N-dealkylation sites (tertiary alicyclic amines) is 1. The molecule has 160 valence electrons. The van der Waals surface area contributed by atoms with Crippen LogP contribution in [-0.4, -0.2) is 54.1 Å². The van der Waals surface area contributed by atoms with Crippen LogP contribution in [0.2, 0.25) is 0 Å². The minimum Gasteiger partial charge on any atom is -0.488 e. The van der Waals surface area contributed by atoms with Crippen molar-refractivity contribution in [3.8, 4) is 5.75 Å². The van der Waals surface area contributed by atoms with Gasteiger partial charge in [0.15, 0.2) is 0 Å². The third-order valence-electron chi connectivity index (χ3n) is 5.10. The summed E-state index contributed by atoms with van der Waals surface area (Å²) in [6.07, 6.45) is 0.606. The van der Waals surface area contributed by atoms with E-state index in [2.05, 4.69) is 15.2 Å². The van der Waals surface area contributed by atoms with E-state index < -0.39 is 11.9 Å². The van der Waals surface area contributed by atoms with Crippen molar-refractivity contribution in [3.63, 3.8) is 0 Å². The van der Waals surface area contributed by atoms with E-state index in [1.807, 2.05) is 6.92 Å². The second kappa shape index (κ2) is 9.43. The minimum atomic E-state index is -0.634. The number of carbonyl (C=O) groups is 3. The zero-order valence-electron chi connectivity index (χ0n) is 17.3. The molecule has 1 aromatic carbocycles. The van der Waals surface area contributed by atoms with Gasteiger partial charge in [0.05, 0.1) is 30.4 Å². The molecule has 9 heteroatoms. The molecule has 0 saturated carbocycles. The summed E-state index contributed by atoms with van der Waals surface area (Å²) in [4.78, 5) is 38.2. The van der Waals surface area contributed by atoms with Gasteiger partial charge in [0.1, 0.15) is 24.2 Å². The predicted octanol–water partition coefficient (Wildman–Crippen LogP) is 1.76. The van der Waals surface area contributed by atoms with Gasteiger partial charge in [0, 0.05) is 13.1 Å². The molecule has 30 heavy (non-hydrogen) atoms. The van der Waals surface area contributed by atoms with E-state index in [9.17, 15) is 14.4 Å². The normalized spacial score (nSPS) is 15.9. The number of methoxy groups -OCH3 is 1. The average Bonchev–Trinajstić information content (AvgIpc) is 3.26. The number of para-hydroxylation sites is 1. The van der Waals surface area contributed by atoms with Crippen molar-refractivity contribution >= 4 is 17.8 Å². The number of rotatable bonds is 8. The summed E-state index contributed by atoms with van der Waals surface area (Å²) in [5.41, 5.74) is 1.90. The van der Waals surface area contributed by atoms with Crippen LogP contribution in [0.1, 0.15) is 40.2 Å². The highest BCUT2D eigenvalue weighted by Gasteiger charge is 2.33. The summed E-state index contributed by atoms with van der Waals surface area (Å²) in [5.74, 6) is 0.0968. The van der Waals surface area contributed by atoms with Gasteiger partial charge in [-0.3, -0.25) is 14.4 Å². The number of carbonyl (C=O) groups excluding carboxylic acids is 3. The summed E-state index contributed by atoms with van der Waals surface area (Å²) < 4.78 is 15.6. The summed E-state index contributed by atoms with van der Waals surface area (Å²) in [7, 11) is 1.31. The lowest BCUT2D eigenvalue weighted by Gasteiger charge is -2.17. The molecule has 1 aliphatic rings. The predicted molar refractivity (Wildman–Crippen MR) is 106 cm³/mol. The smallest absolute Gasteiger partial charge is 0.307 e. The number of ether oxygens (including phenoxy) is 2. The third-order valence-corrected chi connectivity index (χ3v) is 5.10. The molecule has 0 spiro atoms. The molecular formula is C21H25N3O6. The van der Waals surface area contributed by atoms with Crippen LogP contribution in [0.5, 0.6) is 5.75 Å². The van der Waals surface area contributed by atoms with Gasteiger partial charge in [-0.15, -0.1) is 0 Å². The van der Waals surface area contributed by atoms with Gasteiger partial charge in [-0.1, -0.05) is 17.3 Å². The highest BCUT2D eigenvalue weighted by Crippen LogP contribution is 2.22. The summed E-state index contributed by atoms with van der Waals surface area (Å²) in [6, 6.07) is 6.22. The third kappa shape index (κ3) is 4.79. The molecule has 9 nitrogen and oxygen atoms in total. The molecule has 0 radical (unpaired) electrons. The van der Waals surface area contributed by atoms with Gasteiger partial charge in [-0.05, 0) is 32.4 Å². The van der Waals surface area contributed by atoms with E-state index in [1.165, 1.54) is 7.11 Å². The SMILES string of the molecule is COC(=O)CCN1CC[C@H](NC(=O)c2ccccc2OCc2c(C)noc2C)C1=O. The van der Waals surface area contributed by atoms with Crippen molar-refractivity contribution in [3.05, 3.63) is 46.8 Å². The number of amides is 2. The fourth-order valence-corrected chi connectivity index (χ4v) is 3.30. The lowest BCUT2D eigenvalue weighted by Crippen LogP contribution is -2.42. The quantitative estimate of drug-likeness (QED) is 0.654. The van der Waals surface area contributed by atoms with Crippen molar-refractivity contribution < 1.29 is 28.4 Å². The molecule has 1 atom stereocenters. The summed E-state index contributed by atoms with van der Waals surface area (Å²) in [5, 5.41) is 6.67. The van der Waals surface area contributed by atoms with Crippen molar-refractivity contribution in [1.29, 1.82) is 0 Å². The molecule has 1 N–H and O–H groups in total. The van der Waals surface area contributed by atoms with Crippen molar-refractivity contribution in [2.24, 2.45) is 0 Å². The maximum Gasteiger partial charge on any atom is 0.307 e. The lowest BCUT2D eigenvalue weighted by atomic mass is 10.1. The molecule has 3 rings (SSSR count). The summed E-state index contributed by atoms with van der Waals surface area (Å²) >= 11 is 0. The van der Waals surface area contributed by atoms with E-state index in [0.29, 0.717) is 30.0 Å². The molecule has 1 saturated heterocycles. The van der Waals surface area contributed by atoms with Crippen LogP contribution in [0.15, 0.2) is 28.8 Å². The van der Waals surface area contributed by atoms with Crippen LogP contribution in [0.3, 0.4) is 0 Å². The number of nitrogens with one attached hydrogen (secondary N) is 1. The molecule has 0 aliphatic carbocycles. The second-order valence-corrected chi connectivity index (χ2v) is 7.05. The standard InChI is InChI=1S/C21H25N3O6/c1-13-16(14(2)30-23-13)12-29-18-7-5-4-6-15(18)20(26)22-17-8-10-24(21(17)27)11-9-19(25)28-3/h4-7,17H,8-12H2,1-3H3,(H,22,26)/t17-/m0/s1. The van der Waals surface area contributed by atoms with Crippen LogP contribution in [0.4, 0.5) is 0 Å². The van der Waals surface area contributed by atoms with Crippen LogP contribution >= 0.6 is 0 Å². The Labute approximate surface area is 174 Å². The second-order valence-electron chi connectivity index (χ2n) is 7.05. The maximum atomic E-state index is 12.8. The topological polar surface area (TPSA) is 111 Å². The van der Waals surface area contributed by atoms with Gasteiger partial charge >= 0.3 is 5.97 Å². The van der Waals surface area contributed by atoms with Crippen LogP contribution in [0.25, 0.3) is 0 Å². The van der Waals surface area contributed by atoms with Gasteiger partial charge in [-0.2, -0.15) is 0 Å². The Balaban J connectivity index is 1.62. The van der Waals surface area contributed by atoms with Crippen molar-refractivity contribution in [2.45, 2.75) is 39.3 Å². The molecule has 0 unspecified atom stereocenters. The number of aryl methyl sites for hydroxylation is 2. The van der Waals surface area contributed by atoms with E-state index in [0.717, 1.165) is 11.3 Å². The zero-order valence-corrected chi connectivity index (χ0v) is 17.3. The van der Waals surface area contributed by atoms with Gasteiger partial charge in [-0.25, -0.2) is 0 Å². The zero-order chi connectivity index (χ0) is 21.7. The van der Waals surface area contributed by atoms with E-state index in [-0.39, 0.29) is 31.4 Å². The van der Waals surface area contributed by atoms with Crippen molar-refractivity contribution in [2.75, 3.05) is 20.2 Å². The number of aromatic nitrogens is 1. The Hall–Kier alpha value is -3.36. The Bertz CT molecular complexity index is 919. The van der Waals surface area contributed by atoms with E-state index >= 15 is 0 Å². The fourth-order valence-electron chi connectivity index (χ4n) is 3.30. The average molecular weight is 415 g/mol. The number of benzene rings is 1. The molecule has 1 fully saturated rings. The van der Waals surface area contributed by atoms with Gasteiger partial charge in [0.25, 0.3) is 5.91 Å². The Morgan fingerprint density at radius 3 is 2.77 bits per heavy atom. The first-order valence-electron chi connectivity index (χ1n) is 9.70. The van der Waals surface area contributed by atoms with Crippen LogP contribution < -0.4 is 10.1 Å². The minimum absolute atomic E-state index is 0.126. The molecule has 1 aromatic heterocycles. The van der Waals surface area contributed by atoms with Crippen molar-refractivity contribution in [1.82, 2.24) is 15.4 Å². The van der Waals surface area contributed by atoms with Gasteiger partial charge in [0.2, 0.25) is 5.91 Å². The fraction of sp³-hybridized carbons (Fsp3) is 0.429. The highest BCUT2D eigenvalue weighted by atomic mass is 16.5. The first kappa shape index (κ1) is 21.4. The number of esters is 1. The molecule has 1 aliphatic heterocycles. The van der Waals surface area contributed by atoms with Crippen LogP contribution in [0, 0.1) is 13.8 Å². The molecule has 2 aromatic rings. The number of hydrogen-bond acceptors (Lipinski definition) is 7. The molecular weight excluding hydrogens is 390 g/mol. The molecule has 0 bridgehead atoms. The molecule has 2 heterocycles. The first-order valence-corrected chi connectivity index (χ1v) is 9.70. The highest BCUT2D eigenvalue weighted by molar-refractivity contribution is 6.00. The summed E-state index contributed by atoms with van der Waals surface area (Å²) in [6.45, 7) is 4.59. The maximum absolute atomic E-state index is 12.8. The number of hydrogen-bond donors (Lipinski definition) is 1. The van der Waals surface area contributed by atoms with Gasteiger partial charge < -0.3 is 24.2 Å². The first-order chi connectivity index (χ1) is 14.4. The molecule has 2 amide bonds. The van der Waals surface area contributed by atoms with E-state index in [1.54, 1.807) is 36.1 Å². The Morgan fingerprint density at radius 2 is 2.07 bits per heavy atom. The van der Waals surface area contributed by atoms with Crippen LogP contribution in [-0.2, 0) is 20.9 Å². The van der Waals surface area contributed by atoms with E-state index in [4.69, 9.17) is 9.26 Å². The Morgan fingerprint density at radius 1 is 1.30 bits per heavy atom.